The molecule has 0 radical (unpaired) electrons. The van der Waals surface area contributed by atoms with E-state index >= 15 is 0 Å². The summed E-state index contributed by atoms with van der Waals surface area (Å²) in [6.07, 6.45) is 5.59. The van der Waals surface area contributed by atoms with Gasteiger partial charge in [-0.1, -0.05) is 38.0 Å². The van der Waals surface area contributed by atoms with Gasteiger partial charge < -0.3 is 25.4 Å². The van der Waals surface area contributed by atoms with E-state index in [0.29, 0.717) is 48.0 Å². The van der Waals surface area contributed by atoms with E-state index < -0.39 is 17.6 Å². The van der Waals surface area contributed by atoms with E-state index in [9.17, 15) is 22.8 Å². The SMILES string of the molecule is C=CCc1cnc(NCc2ccc(OC)cc2OC)c2c(-c3ccc(C(=O)Nc4cc(C(F)(F)F)ccn4)cc3)nn([C@@H]3CCC[C@@H](C(=O)NC(C)CCC)C3)c12. The van der Waals surface area contributed by atoms with Gasteiger partial charge in [0, 0.05) is 59.2 Å². The highest BCUT2D eigenvalue weighted by molar-refractivity contribution is 6.05. The second-order valence-electron chi connectivity index (χ2n) is 14.3. The van der Waals surface area contributed by atoms with Gasteiger partial charge in [0.15, 0.2) is 0 Å². The van der Waals surface area contributed by atoms with Gasteiger partial charge in [-0.2, -0.15) is 18.3 Å². The molecule has 57 heavy (non-hydrogen) atoms. The summed E-state index contributed by atoms with van der Waals surface area (Å²) in [5, 5.41) is 15.2. The highest BCUT2D eigenvalue weighted by atomic mass is 19.4. The van der Waals surface area contributed by atoms with Crippen molar-refractivity contribution < 1.29 is 32.2 Å². The fourth-order valence-electron chi connectivity index (χ4n) is 7.45. The van der Waals surface area contributed by atoms with Crippen LogP contribution >= 0.6 is 0 Å². The number of hydrogen-bond donors (Lipinski definition) is 3. The van der Waals surface area contributed by atoms with E-state index in [2.05, 4.69) is 34.4 Å². The van der Waals surface area contributed by atoms with Gasteiger partial charge >= 0.3 is 6.18 Å². The van der Waals surface area contributed by atoms with Gasteiger partial charge in [0.2, 0.25) is 5.91 Å². The number of amides is 2. The fraction of sp³-hybridized carbons (Fsp3) is 0.372. The molecule has 3 heterocycles. The lowest BCUT2D eigenvalue weighted by atomic mass is 9.84. The molecule has 11 nitrogen and oxygen atoms in total. The number of carbonyl (C=O) groups is 2. The number of anilines is 2. The highest BCUT2D eigenvalue weighted by Crippen LogP contribution is 2.41. The molecule has 5 aromatic rings. The van der Waals surface area contributed by atoms with Gasteiger partial charge in [-0.3, -0.25) is 14.3 Å². The second-order valence-corrected chi connectivity index (χ2v) is 14.3. The van der Waals surface area contributed by atoms with Crippen molar-refractivity contribution in [3.63, 3.8) is 0 Å². The van der Waals surface area contributed by atoms with Crippen LogP contribution < -0.4 is 25.4 Å². The van der Waals surface area contributed by atoms with Crippen LogP contribution in [0.3, 0.4) is 0 Å². The van der Waals surface area contributed by atoms with Crippen molar-refractivity contribution in [2.24, 2.45) is 5.92 Å². The van der Waals surface area contributed by atoms with Gasteiger partial charge in [-0.15, -0.1) is 6.58 Å². The smallest absolute Gasteiger partial charge is 0.416 e. The minimum absolute atomic E-state index is 0.0651. The third kappa shape index (κ3) is 9.38. The Morgan fingerprint density at radius 1 is 1.04 bits per heavy atom. The fourth-order valence-corrected chi connectivity index (χ4v) is 7.45. The topological polar surface area (TPSA) is 132 Å². The van der Waals surface area contributed by atoms with Gasteiger partial charge in [-0.25, -0.2) is 9.97 Å². The van der Waals surface area contributed by atoms with Crippen molar-refractivity contribution in [2.45, 2.75) is 83.6 Å². The monoisotopic (exact) mass is 783 g/mol. The molecular formula is C43H48F3N7O4. The zero-order chi connectivity index (χ0) is 40.7. The number of pyridine rings is 2. The molecule has 0 aliphatic heterocycles. The first-order valence-electron chi connectivity index (χ1n) is 19.1. The number of rotatable bonds is 15. The van der Waals surface area contributed by atoms with Crippen molar-refractivity contribution in [2.75, 3.05) is 24.9 Å². The third-order valence-electron chi connectivity index (χ3n) is 10.3. The summed E-state index contributed by atoms with van der Waals surface area (Å²) in [7, 11) is 3.20. The van der Waals surface area contributed by atoms with Crippen LogP contribution in [0.25, 0.3) is 22.2 Å². The number of nitrogens with one attached hydrogen (secondary N) is 3. The highest BCUT2D eigenvalue weighted by Gasteiger charge is 2.33. The molecule has 1 saturated carbocycles. The van der Waals surface area contributed by atoms with Gasteiger partial charge in [0.25, 0.3) is 5.91 Å². The van der Waals surface area contributed by atoms with Crippen LogP contribution in [0.5, 0.6) is 11.5 Å². The number of methoxy groups -OCH3 is 2. The van der Waals surface area contributed by atoms with Gasteiger partial charge in [0.05, 0.1) is 36.7 Å². The molecule has 3 N–H and O–H groups in total. The van der Waals surface area contributed by atoms with Crippen LogP contribution in [0.1, 0.15) is 85.5 Å². The molecule has 0 saturated heterocycles. The Kier molecular flexibility index (Phi) is 12.8. The first kappa shape index (κ1) is 40.7. The van der Waals surface area contributed by atoms with Crippen LogP contribution in [0.4, 0.5) is 24.8 Å². The first-order chi connectivity index (χ1) is 27.4. The number of halogens is 3. The predicted octanol–water partition coefficient (Wildman–Crippen LogP) is 9.16. The van der Waals surface area contributed by atoms with E-state index in [1.165, 1.54) is 0 Å². The molecular weight excluding hydrogens is 736 g/mol. The standard InChI is InChI=1S/C43H48F3N7O4/c1-6-9-26(3)50-42(55)29-11-8-12-33(21-29)53-39-31(10-7-2)25-49-40(48-24-30-17-18-34(56-4)23-35(30)57-5)37(39)38(52-53)27-13-15-28(16-14-27)41(54)51-36-22-32(19-20-47-36)43(44,45)46/h7,13-20,22-23,25-26,29,33H,2,6,8-12,21,24H2,1,3-5H3,(H,48,49)(H,50,55)(H,47,51,54)/t26?,29-,33-/m1/s1. The van der Waals surface area contributed by atoms with E-state index in [-0.39, 0.29) is 35.3 Å². The number of carbonyl (C=O) groups excluding carboxylic acids is 2. The Bertz CT molecular complexity index is 2220. The van der Waals surface area contributed by atoms with E-state index in [4.69, 9.17) is 19.6 Å². The molecule has 1 aliphatic rings. The zero-order valence-electron chi connectivity index (χ0n) is 32.6. The molecule has 0 spiro atoms. The molecule has 1 unspecified atom stereocenters. The number of allylic oxidation sites excluding steroid dienone is 1. The molecule has 6 rings (SSSR count). The summed E-state index contributed by atoms with van der Waals surface area (Å²) in [4.78, 5) is 35.4. The normalized spacial score (nSPS) is 16.1. The van der Waals surface area contributed by atoms with Crippen molar-refractivity contribution in [1.82, 2.24) is 25.1 Å². The van der Waals surface area contributed by atoms with Gasteiger partial charge in [-0.05, 0) is 75.4 Å². The second kappa shape index (κ2) is 17.9. The van der Waals surface area contributed by atoms with E-state index in [0.717, 1.165) is 72.5 Å². The summed E-state index contributed by atoms with van der Waals surface area (Å²) in [5.41, 5.74) is 3.26. The Morgan fingerprint density at radius 2 is 1.82 bits per heavy atom. The third-order valence-corrected chi connectivity index (χ3v) is 10.3. The molecule has 300 valence electrons. The molecule has 1 fully saturated rings. The summed E-state index contributed by atoms with van der Waals surface area (Å²) < 4.78 is 53.0. The molecule has 2 aromatic carbocycles. The van der Waals surface area contributed by atoms with Crippen molar-refractivity contribution in [1.29, 1.82) is 0 Å². The summed E-state index contributed by atoms with van der Waals surface area (Å²) >= 11 is 0. The molecule has 2 amide bonds. The number of hydrogen-bond acceptors (Lipinski definition) is 8. The first-order valence-corrected chi connectivity index (χ1v) is 19.1. The predicted molar refractivity (Wildman–Crippen MR) is 214 cm³/mol. The maximum Gasteiger partial charge on any atom is 0.416 e. The number of ether oxygens (including phenoxy) is 2. The summed E-state index contributed by atoms with van der Waals surface area (Å²) in [5.74, 6) is 0.951. The minimum Gasteiger partial charge on any atom is -0.497 e. The lowest BCUT2D eigenvalue weighted by Crippen LogP contribution is -2.39. The maximum atomic E-state index is 13.5. The number of benzene rings is 2. The van der Waals surface area contributed by atoms with Crippen LogP contribution in [0, 0.1) is 5.92 Å². The number of aromatic nitrogens is 4. The zero-order valence-corrected chi connectivity index (χ0v) is 32.6. The van der Waals surface area contributed by atoms with E-state index in [1.807, 2.05) is 42.1 Å². The van der Waals surface area contributed by atoms with Crippen molar-refractivity contribution in [3.05, 3.63) is 102 Å². The molecule has 3 aromatic heterocycles. The molecule has 14 heteroatoms. The average Bonchev–Trinajstić information content (AvgIpc) is 3.62. The lowest BCUT2D eigenvalue weighted by molar-refractivity contribution is -0.137. The molecule has 1 aliphatic carbocycles. The Hall–Kier alpha value is -5.92. The largest absolute Gasteiger partial charge is 0.497 e. The van der Waals surface area contributed by atoms with Crippen molar-refractivity contribution in [3.8, 4) is 22.8 Å². The molecule has 3 atom stereocenters. The number of alkyl halides is 3. The minimum atomic E-state index is -4.58. The summed E-state index contributed by atoms with van der Waals surface area (Å²) in [6.45, 7) is 8.51. The van der Waals surface area contributed by atoms with Crippen LogP contribution in [-0.2, 0) is 23.9 Å². The van der Waals surface area contributed by atoms with Crippen LogP contribution in [0.2, 0.25) is 0 Å². The summed E-state index contributed by atoms with van der Waals surface area (Å²) in [6, 6.07) is 13.9. The quantitative estimate of drug-likeness (QED) is 0.0897. The van der Waals surface area contributed by atoms with E-state index in [1.54, 1.807) is 38.5 Å². The number of nitrogens with zero attached hydrogens (tertiary/aromatic N) is 4. The van der Waals surface area contributed by atoms with Crippen LogP contribution in [-0.4, -0.2) is 51.8 Å². The Labute approximate surface area is 330 Å². The maximum absolute atomic E-state index is 13.5. The van der Waals surface area contributed by atoms with Crippen molar-refractivity contribution >= 4 is 34.4 Å². The lowest BCUT2D eigenvalue weighted by Gasteiger charge is -2.30. The Morgan fingerprint density at radius 3 is 2.53 bits per heavy atom. The van der Waals surface area contributed by atoms with Crippen LogP contribution in [0.15, 0.2) is 79.6 Å². The number of fused-ring (bicyclic) bond motifs is 1. The Balaban J connectivity index is 1.40. The molecule has 0 bridgehead atoms. The average molecular weight is 784 g/mol. The van der Waals surface area contributed by atoms with Gasteiger partial charge in [0.1, 0.15) is 28.8 Å².